The summed E-state index contributed by atoms with van der Waals surface area (Å²) in [5.74, 6) is 0. The molecule has 0 amide bonds. The number of benzene rings is 1. The number of hydrogen-bond donors (Lipinski definition) is 1. The van der Waals surface area contributed by atoms with Gasteiger partial charge in [-0.15, -0.1) is 0 Å². The highest BCUT2D eigenvalue weighted by molar-refractivity contribution is 5.63. The maximum atomic E-state index is 12.9. The quantitative estimate of drug-likeness (QED) is 0.841. The van der Waals surface area contributed by atoms with E-state index in [1.165, 1.54) is 18.2 Å². The highest BCUT2D eigenvalue weighted by Crippen LogP contribution is 2.36. The first kappa shape index (κ1) is 15.6. The Hall–Kier alpha value is -3.49. The predicted molar refractivity (Wildman–Crippen MR) is 63.6 cm³/mol. The van der Waals surface area contributed by atoms with Gasteiger partial charge in [-0.2, -0.15) is 34.2 Å². The number of alkyl halides is 3. The lowest BCUT2D eigenvalue weighted by molar-refractivity contribution is -0.136. The lowest BCUT2D eigenvalue weighted by atomic mass is 10.1. The molecule has 1 aromatic carbocycles. The van der Waals surface area contributed by atoms with E-state index in [0.717, 1.165) is 12.1 Å². The summed E-state index contributed by atoms with van der Waals surface area (Å²) in [5, 5.41) is 36.8. The minimum absolute atomic E-state index is 0.212. The average molecular weight is 287 g/mol. The van der Waals surface area contributed by atoms with Gasteiger partial charge in [-0.3, -0.25) is 0 Å². The average Bonchev–Trinajstić information content (AvgIpc) is 2.46. The highest BCUT2D eigenvalue weighted by atomic mass is 19.4. The molecule has 0 radical (unpaired) electrons. The molecule has 5 nitrogen and oxygen atoms in total. The number of nitrogens with zero attached hydrogens (tertiary/aromatic N) is 4. The lowest BCUT2D eigenvalue weighted by Gasteiger charge is -2.14. The molecule has 0 saturated heterocycles. The molecule has 0 bridgehead atoms. The molecule has 0 spiro atoms. The summed E-state index contributed by atoms with van der Waals surface area (Å²) in [6.45, 7) is 0. The van der Waals surface area contributed by atoms with Crippen LogP contribution in [0.25, 0.3) is 0 Å². The maximum absolute atomic E-state index is 12.9. The van der Waals surface area contributed by atoms with Gasteiger partial charge in [0.15, 0.2) is 5.57 Å². The van der Waals surface area contributed by atoms with Crippen LogP contribution in [0.5, 0.6) is 0 Å². The molecule has 0 heterocycles. The van der Waals surface area contributed by atoms with Crippen molar-refractivity contribution < 1.29 is 13.2 Å². The lowest BCUT2D eigenvalue weighted by Crippen LogP contribution is -2.11. The summed E-state index contributed by atoms with van der Waals surface area (Å²) in [4.78, 5) is 0. The molecule has 0 aliphatic rings. The zero-order chi connectivity index (χ0) is 16.0. The Bertz CT molecular complexity index is 747. The van der Waals surface area contributed by atoms with Crippen LogP contribution in [0.15, 0.2) is 29.5 Å². The molecule has 0 unspecified atom stereocenters. The van der Waals surface area contributed by atoms with E-state index in [1.54, 1.807) is 6.07 Å². The van der Waals surface area contributed by atoms with Crippen molar-refractivity contribution in [3.8, 4) is 24.3 Å². The SMILES string of the molecule is N#CC(C#N)=C(C#N)Nc1ccc(C#N)cc1C(F)(F)F. The van der Waals surface area contributed by atoms with Gasteiger partial charge >= 0.3 is 6.18 Å². The molecule has 0 atom stereocenters. The van der Waals surface area contributed by atoms with Crippen LogP contribution in [0.3, 0.4) is 0 Å². The Morgan fingerprint density at radius 2 is 1.62 bits per heavy atom. The van der Waals surface area contributed by atoms with Gasteiger partial charge in [0.05, 0.1) is 22.9 Å². The van der Waals surface area contributed by atoms with Crippen molar-refractivity contribution in [1.82, 2.24) is 0 Å². The molecule has 21 heavy (non-hydrogen) atoms. The number of rotatable bonds is 2. The standard InChI is InChI=1S/C13H4F3N5/c14-13(15,16)10-3-8(4-17)1-2-11(10)21-12(7-20)9(5-18)6-19/h1-3,21H. The number of hydrogen-bond acceptors (Lipinski definition) is 5. The van der Waals surface area contributed by atoms with Crippen LogP contribution in [0.4, 0.5) is 18.9 Å². The van der Waals surface area contributed by atoms with E-state index >= 15 is 0 Å². The molecule has 0 fully saturated rings. The molecule has 8 heteroatoms. The Kier molecular flexibility index (Phi) is 4.52. The molecule has 1 aromatic rings. The van der Waals surface area contributed by atoms with Crippen molar-refractivity contribution in [3.63, 3.8) is 0 Å². The summed E-state index contributed by atoms with van der Waals surface area (Å²) in [6, 6.07) is 8.50. The predicted octanol–water partition coefficient (Wildman–Crippen LogP) is 2.81. The van der Waals surface area contributed by atoms with Gasteiger partial charge < -0.3 is 5.32 Å². The Morgan fingerprint density at radius 1 is 1.00 bits per heavy atom. The van der Waals surface area contributed by atoms with Crippen molar-refractivity contribution >= 4 is 5.69 Å². The van der Waals surface area contributed by atoms with E-state index in [0.29, 0.717) is 6.07 Å². The van der Waals surface area contributed by atoms with Gasteiger partial charge in [-0.05, 0) is 18.2 Å². The van der Waals surface area contributed by atoms with Crippen molar-refractivity contribution in [1.29, 1.82) is 21.0 Å². The fourth-order valence-electron chi connectivity index (χ4n) is 1.38. The topological polar surface area (TPSA) is 107 Å². The first-order chi connectivity index (χ1) is 9.87. The molecule has 1 N–H and O–H groups in total. The molecule has 0 saturated carbocycles. The van der Waals surface area contributed by atoms with Crippen LogP contribution >= 0.6 is 0 Å². The minimum Gasteiger partial charge on any atom is -0.345 e. The number of nitriles is 4. The van der Waals surface area contributed by atoms with Crippen LogP contribution in [0.2, 0.25) is 0 Å². The zero-order valence-electron chi connectivity index (χ0n) is 10.2. The fraction of sp³-hybridized carbons (Fsp3) is 0.0769. The molecular formula is C13H4F3N5. The van der Waals surface area contributed by atoms with E-state index < -0.39 is 28.7 Å². The molecule has 102 valence electrons. The molecule has 1 rings (SSSR count). The van der Waals surface area contributed by atoms with Crippen molar-refractivity contribution in [2.75, 3.05) is 5.32 Å². The molecule has 0 aliphatic heterocycles. The Balaban J connectivity index is 3.44. The third-order valence-electron chi connectivity index (χ3n) is 2.30. The first-order valence-corrected chi connectivity index (χ1v) is 5.20. The maximum Gasteiger partial charge on any atom is 0.418 e. The Morgan fingerprint density at radius 3 is 2.05 bits per heavy atom. The van der Waals surface area contributed by atoms with Crippen LogP contribution in [-0.2, 0) is 6.18 Å². The van der Waals surface area contributed by atoms with Gasteiger partial charge in [-0.1, -0.05) is 0 Å². The summed E-state index contributed by atoms with van der Waals surface area (Å²) in [5.41, 5.74) is -3.16. The molecule has 0 aliphatic carbocycles. The van der Waals surface area contributed by atoms with Gasteiger partial charge in [0.2, 0.25) is 0 Å². The van der Waals surface area contributed by atoms with Gasteiger partial charge in [0, 0.05) is 0 Å². The number of allylic oxidation sites excluding steroid dienone is 2. The number of nitrogens with one attached hydrogen (secondary N) is 1. The van der Waals surface area contributed by atoms with Gasteiger partial charge in [0.1, 0.15) is 23.9 Å². The van der Waals surface area contributed by atoms with E-state index in [9.17, 15) is 13.2 Å². The van der Waals surface area contributed by atoms with Crippen molar-refractivity contribution in [2.24, 2.45) is 0 Å². The second-order valence-corrected chi connectivity index (χ2v) is 3.58. The summed E-state index contributed by atoms with van der Waals surface area (Å²) >= 11 is 0. The van der Waals surface area contributed by atoms with E-state index in [-0.39, 0.29) is 5.56 Å². The van der Waals surface area contributed by atoms with E-state index in [1.807, 2.05) is 0 Å². The largest absolute Gasteiger partial charge is 0.418 e. The number of anilines is 1. The smallest absolute Gasteiger partial charge is 0.345 e. The van der Waals surface area contributed by atoms with Crippen LogP contribution < -0.4 is 5.32 Å². The first-order valence-electron chi connectivity index (χ1n) is 5.20. The molecule has 0 aromatic heterocycles. The van der Waals surface area contributed by atoms with Crippen LogP contribution in [0.1, 0.15) is 11.1 Å². The fourth-order valence-corrected chi connectivity index (χ4v) is 1.38. The minimum atomic E-state index is -4.77. The third kappa shape index (κ3) is 3.50. The van der Waals surface area contributed by atoms with Crippen molar-refractivity contribution in [3.05, 3.63) is 40.6 Å². The third-order valence-corrected chi connectivity index (χ3v) is 2.30. The normalized spacial score (nSPS) is 9.48. The van der Waals surface area contributed by atoms with Crippen molar-refractivity contribution in [2.45, 2.75) is 6.18 Å². The van der Waals surface area contributed by atoms with Crippen LogP contribution in [0, 0.1) is 45.3 Å². The van der Waals surface area contributed by atoms with E-state index in [4.69, 9.17) is 21.0 Å². The second kappa shape index (κ2) is 6.10. The Labute approximate surface area is 117 Å². The van der Waals surface area contributed by atoms with Gasteiger partial charge in [-0.25, -0.2) is 0 Å². The summed E-state index contributed by atoms with van der Waals surface area (Å²) in [7, 11) is 0. The van der Waals surface area contributed by atoms with E-state index in [2.05, 4.69) is 5.32 Å². The highest BCUT2D eigenvalue weighted by Gasteiger charge is 2.34. The van der Waals surface area contributed by atoms with Gasteiger partial charge in [0.25, 0.3) is 0 Å². The monoisotopic (exact) mass is 287 g/mol. The second-order valence-electron chi connectivity index (χ2n) is 3.58. The summed E-state index contributed by atoms with van der Waals surface area (Å²) < 4.78 is 38.7. The zero-order valence-corrected chi connectivity index (χ0v) is 10.2. The molecular weight excluding hydrogens is 283 g/mol. The summed E-state index contributed by atoms with van der Waals surface area (Å²) in [6.07, 6.45) is -4.77. The van der Waals surface area contributed by atoms with Crippen LogP contribution in [-0.4, -0.2) is 0 Å². The number of halogens is 3.